The molecule has 0 saturated carbocycles. The van der Waals surface area contributed by atoms with Crippen molar-refractivity contribution in [2.45, 2.75) is 13.0 Å². The molecular weight excluding hydrogens is 324 g/mol. The summed E-state index contributed by atoms with van der Waals surface area (Å²) in [6.45, 7) is 0.532. The SMILES string of the molecule is O=C(Cc1ccccc1)N/N=C/c1ccc(OCc2ccccc2)cc1. The van der Waals surface area contributed by atoms with Crippen LogP contribution >= 0.6 is 0 Å². The minimum absolute atomic E-state index is 0.143. The van der Waals surface area contributed by atoms with Crippen LogP contribution in [0.5, 0.6) is 5.75 Å². The first-order chi connectivity index (χ1) is 12.8. The Kier molecular flexibility index (Phi) is 6.15. The van der Waals surface area contributed by atoms with Gasteiger partial charge in [-0.2, -0.15) is 5.10 Å². The minimum Gasteiger partial charge on any atom is -0.489 e. The molecule has 1 N–H and O–H groups in total. The zero-order chi connectivity index (χ0) is 18.0. The van der Waals surface area contributed by atoms with Crippen LogP contribution in [0.15, 0.2) is 90.0 Å². The lowest BCUT2D eigenvalue weighted by Crippen LogP contribution is -2.19. The first kappa shape index (κ1) is 17.4. The summed E-state index contributed by atoms with van der Waals surface area (Å²) in [7, 11) is 0. The average molecular weight is 344 g/mol. The molecule has 4 heteroatoms. The number of benzene rings is 3. The van der Waals surface area contributed by atoms with Crippen molar-refractivity contribution < 1.29 is 9.53 Å². The molecule has 0 fully saturated rings. The van der Waals surface area contributed by atoms with Gasteiger partial charge in [0.15, 0.2) is 0 Å². The van der Waals surface area contributed by atoms with Crippen molar-refractivity contribution in [3.05, 3.63) is 102 Å². The number of nitrogens with zero attached hydrogens (tertiary/aromatic N) is 1. The predicted octanol–water partition coefficient (Wildman–Crippen LogP) is 3.96. The zero-order valence-corrected chi connectivity index (χ0v) is 14.3. The quantitative estimate of drug-likeness (QED) is 0.521. The number of carbonyl (C=O) groups excluding carboxylic acids is 1. The molecule has 1 amide bonds. The molecule has 0 aromatic heterocycles. The molecule has 0 aliphatic carbocycles. The van der Waals surface area contributed by atoms with Crippen molar-refractivity contribution in [2.24, 2.45) is 5.10 Å². The second kappa shape index (κ2) is 9.18. The molecular formula is C22H20N2O2. The molecule has 0 heterocycles. The number of nitrogens with one attached hydrogen (secondary N) is 1. The lowest BCUT2D eigenvalue weighted by Gasteiger charge is -2.06. The third-order valence-electron chi connectivity index (χ3n) is 3.74. The summed E-state index contributed by atoms with van der Waals surface area (Å²) in [5, 5.41) is 4.00. The molecule has 0 spiro atoms. The molecule has 0 radical (unpaired) electrons. The van der Waals surface area contributed by atoms with Gasteiger partial charge < -0.3 is 4.74 Å². The van der Waals surface area contributed by atoms with Gasteiger partial charge >= 0.3 is 0 Å². The third kappa shape index (κ3) is 5.60. The summed E-state index contributed by atoms with van der Waals surface area (Å²) in [4.78, 5) is 11.8. The van der Waals surface area contributed by atoms with Gasteiger partial charge in [-0.1, -0.05) is 60.7 Å². The molecule has 0 saturated heterocycles. The minimum atomic E-state index is -0.143. The van der Waals surface area contributed by atoms with Gasteiger partial charge in [0, 0.05) is 0 Å². The van der Waals surface area contributed by atoms with E-state index in [4.69, 9.17) is 4.74 Å². The number of amides is 1. The van der Waals surface area contributed by atoms with Crippen molar-refractivity contribution in [1.29, 1.82) is 0 Å². The highest BCUT2D eigenvalue weighted by Gasteiger charge is 2.01. The van der Waals surface area contributed by atoms with Gasteiger partial charge in [0.25, 0.3) is 0 Å². The molecule has 0 aliphatic rings. The van der Waals surface area contributed by atoms with Crippen molar-refractivity contribution in [1.82, 2.24) is 5.43 Å². The van der Waals surface area contributed by atoms with Gasteiger partial charge in [0.1, 0.15) is 12.4 Å². The summed E-state index contributed by atoms with van der Waals surface area (Å²) >= 11 is 0. The lowest BCUT2D eigenvalue weighted by atomic mass is 10.1. The maximum atomic E-state index is 11.8. The van der Waals surface area contributed by atoms with Crippen LogP contribution in [-0.4, -0.2) is 12.1 Å². The smallest absolute Gasteiger partial charge is 0.244 e. The van der Waals surface area contributed by atoms with Crippen LogP contribution < -0.4 is 10.2 Å². The molecule has 3 rings (SSSR count). The summed E-state index contributed by atoms with van der Waals surface area (Å²) in [6, 6.07) is 27.2. The summed E-state index contributed by atoms with van der Waals surface area (Å²) in [5.41, 5.74) is 5.51. The van der Waals surface area contributed by atoms with Crippen LogP contribution in [0.4, 0.5) is 0 Å². The van der Waals surface area contributed by atoms with Gasteiger partial charge in [-0.3, -0.25) is 4.79 Å². The Labute approximate surface area is 153 Å². The Morgan fingerprint density at radius 2 is 1.46 bits per heavy atom. The Morgan fingerprint density at radius 1 is 0.846 bits per heavy atom. The lowest BCUT2D eigenvalue weighted by molar-refractivity contribution is -0.120. The second-order valence-electron chi connectivity index (χ2n) is 5.80. The van der Waals surface area contributed by atoms with E-state index in [2.05, 4.69) is 10.5 Å². The normalized spacial score (nSPS) is 10.6. The molecule has 0 aliphatic heterocycles. The Morgan fingerprint density at radius 3 is 2.12 bits per heavy atom. The number of rotatable bonds is 7. The Balaban J connectivity index is 1.46. The van der Waals surface area contributed by atoms with Crippen LogP contribution in [0.3, 0.4) is 0 Å². The maximum Gasteiger partial charge on any atom is 0.244 e. The summed E-state index contributed by atoms with van der Waals surface area (Å²) in [5.74, 6) is 0.648. The number of hydrogen-bond acceptors (Lipinski definition) is 3. The summed E-state index contributed by atoms with van der Waals surface area (Å²) in [6.07, 6.45) is 1.92. The van der Waals surface area contributed by atoms with E-state index in [1.807, 2.05) is 84.9 Å². The highest BCUT2D eigenvalue weighted by molar-refractivity contribution is 5.83. The monoisotopic (exact) mass is 344 g/mol. The number of hydrazone groups is 1. The highest BCUT2D eigenvalue weighted by Crippen LogP contribution is 2.13. The molecule has 0 atom stereocenters. The molecule has 4 nitrogen and oxygen atoms in total. The number of carbonyl (C=O) groups is 1. The van der Waals surface area contributed by atoms with Gasteiger partial charge in [-0.15, -0.1) is 0 Å². The number of hydrogen-bond donors (Lipinski definition) is 1. The van der Waals surface area contributed by atoms with Crippen LogP contribution in [0, 0.1) is 0 Å². The van der Waals surface area contributed by atoms with Gasteiger partial charge in [0.2, 0.25) is 5.91 Å². The fourth-order valence-electron chi connectivity index (χ4n) is 2.39. The molecule has 3 aromatic rings. The van der Waals surface area contributed by atoms with E-state index in [-0.39, 0.29) is 5.91 Å². The van der Waals surface area contributed by atoms with Crippen LogP contribution in [0.2, 0.25) is 0 Å². The van der Waals surface area contributed by atoms with Crippen LogP contribution in [0.1, 0.15) is 16.7 Å². The van der Waals surface area contributed by atoms with E-state index in [0.717, 1.165) is 22.4 Å². The maximum absolute atomic E-state index is 11.8. The van der Waals surface area contributed by atoms with Crippen LogP contribution in [-0.2, 0) is 17.8 Å². The number of ether oxygens (including phenoxy) is 1. The topological polar surface area (TPSA) is 50.7 Å². The zero-order valence-electron chi connectivity index (χ0n) is 14.3. The molecule has 0 bridgehead atoms. The molecule has 0 unspecified atom stereocenters. The molecule has 26 heavy (non-hydrogen) atoms. The van der Waals surface area contributed by atoms with E-state index in [0.29, 0.717) is 13.0 Å². The average Bonchev–Trinajstić information content (AvgIpc) is 2.69. The molecule has 3 aromatic carbocycles. The van der Waals surface area contributed by atoms with E-state index in [9.17, 15) is 4.79 Å². The Bertz CT molecular complexity index is 844. The third-order valence-corrected chi connectivity index (χ3v) is 3.74. The van der Waals surface area contributed by atoms with E-state index in [1.54, 1.807) is 6.21 Å². The fraction of sp³-hybridized carbons (Fsp3) is 0.0909. The molecule has 130 valence electrons. The highest BCUT2D eigenvalue weighted by atomic mass is 16.5. The van der Waals surface area contributed by atoms with Crippen molar-refractivity contribution in [2.75, 3.05) is 0 Å². The van der Waals surface area contributed by atoms with E-state index >= 15 is 0 Å². The van der Waals surface area contributed by atoms with Crippen LogP contribution in [0.25, 0.3) is 0 Å². The first-order valence-corrected chi connectivity index (χ1v) is 8.42. The Hall–Kier alpha value is -3.40. The fourth-order valence-corrected chi connectivity index (χ4v) is 2.39. The van der Waals surface area contributed by atoms with E-state index < -0.39 is 0 Å². The largest absolute Gasteiger partial charge is 0.489 e. The van der Waals surface area contributed by atoms with Gasteiger partial charge in [-0.05, 0) is 41.0 Å². The first-order valence-electron chi connectivity index (χ1n) is 8.42. The van der Waals surface area contributed by atoms with Crippen molar-refractivity contribution in [3.8, 4) is 5.75 Å². The summed E-state index contributed by atoms with van der Waals surface area (Å²) < 4.78 is 5.74. The van der Waals surface area contributed by atoms with Crippen molar-refractivity contribution in [3.63, 3.8) is 0 Å². The van der Waals surface area contributed by atoms with Crippen molar-refractivity contribution >= 4 is 12.1 Å². The standard InChI is InChI=1S/C22H20N2O2/c25-22(15-18-7-3-1-4-8-18)24-23-16-19-11-13-21(14-12-19)26-17-20-9-5-2-6-10-20/h1-14,16H,15,17H2,(H,24,25)/b23-16+. The van der Waals surface area contributed by atoms with Gasteiger partial charge in [0.05, 0.1) is 12.6 Å². The second-order valence-corrected chi connectivity index (χ2v) is 5.80. The predicted molar refractivity (Wildman–Crippen MR) is 103 cm³/mol. The van der Waals surface area contributed by atoms with E-state index in [1.165, 1.54) is 0 Å². The van der Waals surface area contributed by atoms with Gasteiger partial charge in [-0.25, -0.2) is 5.43 Å².